The molecule has 0 bridgehead atoms. The average Bonchev–Trinajstić information content (AvgIpc) is 3.54. The number of nitrogen functional groups attached to an aromatic ring is 1. The van der Waals surface area contributed by atoms with E-state index in [0.29, 0.717) is 34.8 Å². The maximum absolute atomic E-state index is 13.2. The monoisotopic (exact) mass is 506 g/mol. The van der Waals surface area contributed by atoms with Crippen LogP contribution in [0.25, 0.3) is 16.8 Å². The minimum Gasteiger partial charge on any atom is -0.382 e. The quantitative estimate of drug-likeness (QED) is 0.321. The highest BCUT2D eigenvalue weighted by molar-refractivity contribution is 6.08. The molecule has 2 N–H and O–H groups in total. The first kappa shape index (κ1) is 25.2. The van der Waals surface area contributed by atoms with Crippen LogP contribution in [0.15, 0.2) is 55.0 Å². The number of hydrogen-bond donors (Lipinski definition) is 1. The van der Waals surface area contributed by atoms with Gasteiger partial charge in [0.1, 0.15) is 28.5 Å². The minimum atomic E-state index is -0.214. The molecule has 1 aromatic carbocycles. The summed E-state index contributed by atoms with van der Waals surface area (Å²) in [5, 5.41) is 0. The molecular weight excluding hydrogens is 476 g/mol. The summed E-state index contributed by atoms with van der Waals surface area (Å²) >= 11 is 0. The summed E-state index contributed by atoms with van der Waals surface area (Å²) in [6, 6.07) is 10.9. The number of pyridine rings is 1. The molecule has 4 heterocycles. The zero-order valence-electron chi connectivity index (χ0n) is 22.0. The maximum atomic E-state index is 13.2. The summed E-state index contributed by atoms with van der Waals surface area (Å²) in [5.41, 5.74) is 10.3. The number of amides is 1. The van der Waals surface area contributed by atoms with Crippen molar-refractivity contribution >= 4 is 23.0 Å². The molecule has 0 spiro atoms. The molecule has 38 heavy (non-hydrogen) atoms. The van der Waals surface area contributed by atoms with Gasteiger partial charge in [-0.2, -0.15) is 0 Å². The molecule has 3 aromatic heterocycles. The van der Waals surface area contributed by atoms with Crippen LogP contribution in [0.1, 0.15) is 74.0 Å². The molecular formula is C30H30N6O2. The molecule has 1 aliphatic rings. The van der Waals surface area contributed by atoms with Crippen molar-refractivity contribution in [2.75, 3.05) is 12.3 Å². The second kappa shape index (κ2) is 9.75. The topological polar surface area (TPSA) is 106 Å². The smallest absolute Gasteiger partial charge is 0.299 e. The normalized spacial score (nSPS) is 15.4. The minimum absolute atomic E-state index is 0.0850. The van der Waals surface area contributed by atoms with Gasteiger partial charge in [-0.05, 0) is 48.8 Å². The number of ketones is 1. The standard InChI is InChI=1S/C30H30N6O2/c1-5-7-24(37)35-16-6-8-23(35)29-34-25(26-28(31)33-15-17-36(26)29)19-9-11-20(12-10-19)27(38)22-18-21(13-14-32-22)30(2,3)4/h9-15,17-18,23H,6,8,16H2,1-4H3,(H2,31,33)/t23-/m0/s1. The Bertz CT molecular complexity index is 1600. The van der Waals surface area contributed by atoms with Gasteiger partial charge in [0.2, 0.25) is 5.78 Å². The molecule has 0 radical (unpaired) electrons. The number of carbonyl (C=O) groups excluding carboxylic acids is 2. The van der Waals surface area contributed by atoms with Gasteiger partial charge >= 0.3 is 0 Å². The molecule has 0 saturated carbocycles. The number of nitrogens with zero attached hydrogens (tertiary/aromatic N) is 5. The van der Waals surface area contributed by atoms with Gasteiger partial charge in [0.25, 0.3) is 5.91 Å². The largest absolute Gasteiger partial charge is 0.382 e. The Morgan fingerprint density at radius 2 is 1.84 bits per heavy atom. The van der Waals surface area contributed by atoms with E-state index in [1.165, 1.54) is 0 Å². The summed E-state index contributed by atoms with van der Waals surface area (Å²) < 4.78 is 1.91. The number of nitrogens with two attached hydrogens (primary N) is 1. The molecule has 0 unspecified atom stereocenters. The van der Waals surface area contributed by atoms with Gasteiger partial charge in [-0.3, -0.25) is 19.0 Å². The first-order chi connectivity index (χ1) is 18.2. The Morgan fingerprint density at radius 1 is 1.08 bits per heavy atom. The Balaban J connectivity index is 1.52. The molecule has 1 aliphatic heterocycles. The number of aromatic nitrogens is 4. The SMILES string of the molecule is CC#CC(=O)N1CCC[C@H]1c1nc(-c2ccc(C(=O)c3cc(C(C)(C)C)ccn3)cc2)c2c(N)nccn12. The van der Waals surface area contributed by atoms with Gasteiger partial charge in [-0.15, -0.1) is 0 Å². The maximum Gasteiger partial charge on any atom is 0.299 e. The van der Waals surface area contributed by atoms with Crippen LogP contribution >= 0.6 is 0 Å². The lowest BCUT2D eigenvalue weighted by Crippen LogP contribution is -2.30. The molecule has 1 fully saturated rings. The number of anilines is 1. The van der Waals surface area contributed by atoms with E-state index in [1.54, 1.807) is 36.4 Å². The average molecular weight is 507 g/mol. The summed E-state index contributed by atoms with van der Waals surface area (Å²) in [4.78, 5) is 41.2. The van der Waals surface area contributed by atoms with E-state index in [4.69, 9.17) is 10.7 Å². The second-order valence-electron chi connectivity index (χ2n) is 10.5. The van der Waals surface area contributed by atoms with E-state index in [1.807, 2.05) is 34.9 Å². The molecule has 8 nitrogen and oxygen atoms in total. The van der Waals surface area contributed by atoms with Crippen molar-refractivity contribution in [3.63, 3.8) is 0 Å². The van der Waals surface area contributed by atoms with Crippen LogP contribution in [0.3, 0.4) is 0 Å². The molecule has 5 rings (SSSR count). The van der Waals surface area contributed by atoms with Crippen LogP contribution in [-0.4, -0.2) is 42.5 Å². The van der Waals surface area contributed by atoms with Gasteiger partial charge in [0.15, 0.2) is 0 Å². The van der Waals surface area contributed by atoms with Gasteiger partial charge < -0.3 is 10.6 Å². The summed E-state index contributed by atoms with van der Waals surface area (Å²) in [6.07, 6.45) is 6.78. The number of fused-ring (bicyclic) bond motifs is 1. The van der Waals surface area contributed by atoms with Crippen molar-refractivity contribution in [2.45, 2.75) is 52.0 Å². The Labute approximate surface area is 221 Å². The van der Waals surface area contributed by atoms with Crippen LogP contribution in [0.4, 0.5) is 5.82 Å². The van der Waals surface area contributed by atoms with E-state index in [0.717, 1.165) is 29.8 Å². The molecule has 192 valence electrons. The molecule has 0 aliphatic carbocycles. The third kappa shape index (κ3) is 4.52. The van der Waals surface area contributed by atoms with Gasteiger partial charge in [-0.1, -0.05) is 51.0 Å². The fraction of sp³-hybridized carbons (Fsp3) is 0.300. The van der Waals surface area contributed by atoms with Crippen LogP contribution in [0.2, 0.25) is 0 Å². The first-order valence-corrected chi connectivity index (χ1v) is 12.7. The van der Waals surface area contributed by atoms with Crippen molar-refractivity contribution in [3.8, 4) is 23.1 Å². The van der Waals surface area contributed by atoms with E-state index < -0.39 is 0 Å². The van der Waals surface area contributed by atoms with Crippen molar-refractivity contribution in [2.24, 2.45) is 0 Å². The molecule has 8 heteroatoms. The molecule has 4 aromatic rings. The van der Waals surface area contributed by atoms with E-state index in [9.17, 15) is 9.59 Å². The predicted molar refractivity (Wildman–Crippen MR) is 146 cm³/mol. The Kier molecular flexibility index (Phi) is 6.45. The Morgan fingerprint density at radius 3 is 2.55 bits per heavy atom. The molecule has 1 amide bonds. The molecule has 1 saturated heterocycles. The fourth-order valence-corrected chi connectivity index (χ4v) is 4.93. The van der Waals surface area contributed by atoms with Gasteiger partial charge in [0.05, 0.1) is 6.04 Å². The van der Waals surface area contributed by atoms with E-state index >= 15 is 0 Å². The highest BCUT2D eigenvalue weighted by Crippen LogP contribution is 2.36. The summed E-state index contributed by atoms with van der Waals surface area (Å²) in [6.45, 7) is 8.60. The number of likely N-dealkylation sites (tertiary alicyclic amines) is 1. The van der Waals surface area contributed by atoms with Gasteiger partial charge in [0, 0.05) is 36.3 Å². The van der Waals surface area contributed by atoms with E-state index in [2.05, 4.69) is 42.6 Å². The summed E-state index contributed by atoms with van der Waals surface area (Å²) in [7, 11) is 0. The Hall–Kier alpha value is -4.51. The van der Waals surface area contributed by atoms with Crippen LogP contribution < -0.4 is 5.73 Å². The summed E-state index contributed by atoms with van der Waals surface area (Å²) in [5.74, 6) is 6.06. The van der Waals surface area contributed by atoms with Crippen LogP contribution in [-0.2, 0) is 10.2 Å². The van der Waals surface area contributed by atoms with Crippen molar-refractivity contribution in [1.29, 1.82) is 0 Å². The highest BCUT2D eigenvalue weighted by Gasteiger charge is 2.33. The lowest BCUT2D eigenvalue weighted by molar-refractivity contribution is -0.126. The number of benzene rings is 1. The van der Waals surface area contributed by atoms with Crippen molar-refractivity contribution < 1.29 is 9.59 Å². The van der Waals surface area contributed by atoms with Crippen molar-refractivity contribution in [3.05, 3.63) is 77.6 Å². The van der Waals surface area contributed by atoms with Crippen LogP contribution in [0, 0.1) is 11.8 Å². The fourth-order valence-electron chi connectivity index (χ4n) is 4.93. The molecule has 1 atom stereocenters. The van der Waals surface area contributed by atoms with Crippen LogP contribution in [0.5, 0.6) is 0 Å². The third-order valence-electron chi connectivity index (χ3n) is 6.93. The number of rotatable bonds is 4. The first-order valence-electron chi connectivity index (χ1n) is 12.7. The lowest BCUT2D eigenvalue weighted by Gasteiger charge is -2.21. The number of imidazole rings is 1. The second-order valence-corrected chi connectivity index (χ2v) is 10.5. The third-order valence-corrected chi connectivity index (χ3v) is 6.93. The predicted octanol–water partition coefficient (Wildman–Crippen LogP) is 4.59. The highest BCUT2D eigenvalue weighted by atomic mass is 16.2. The zero-order valence-corrected chi connectivity index (χ0v) is 22.0. The lowest BCUT2D eigenvalue weighted by atomic mass is 9.87. The van der Waals surface area contributed by atoms with E-state index in [-0.39, 0.29) is 23.1 Å². The number of hydrogen-bond acceptors (Lipinski definition) is 6. The van der Waals surface area contributed by atoms with Crippen molar-refractivity contribution in [1.82, 2.24) is 24.3 Å². The van der Waals surface area contributed by atoms with Gasteiger partial charge in [-0.25, -0.2) is 9.97 Å². The number of carbonyl (C=O) groups is 2. The zero-order chi connectivity index (χ0) is 27.0.